The number of allylic oxidation sites excluding steroid dienone is 5. The number of pyridine rings is 1. The lowest BCUT2D eigenvalue weighted by molar-refractivity contribution is 0.621. The summed E-state index contributed by atoms with van der Waals surface area (Å²) in [6.07, 6.45) is 10.4. The highest BCUT2D eigenvalue weighted by Crippen LogP contribution is 2.31. The Morgan fingerprint density at radius 2 is 1.97 bits per heavy atom. The maximum absolute atomic E-state index is 15.1. The average molecular weight is 470 g/mol. The van der Waals surface area contributed by atoms with Crippen molar-refractivity contribution in [2.75, 3.05) is 22.9 Å². The number of hydrogen-bond donors (Lipinski definition) is 3. The van der Waals surface area contributed by atoms with Gasteiger partial charge in [0.05, 0.1) is 0 Å². The smallest absolute Gasteiger partial charge is 0.133 e. The fourth-order valence-electron chi connectivity index (χ4n) is 3.98. The van der Waals surface area contributed by atoms with E-state index in [4.69, 9.17) is 4.98 Å². The molecule has 3 nitrogen and oxygen atoms in total. The third-order valence-electron chi connectivity index (χ3n) is 5.58. The van der Waals surface area contributed by atoms with Crippen molar-refractivity contribution in [2.24, 2.45) is 0 Å². The highest BCUT2D eigenvalue weighted by Gasteiger charge is 2.15. The summed E-state index contributed by atoms with van der Waals surface area (Å²) in [6, 6.07) is 8.69. The van der Waals surface area contributed by atoms with Crippen molar-refractivity contribution < 1.29 is 8.78 Å². The molecular formula is C27H33F2N3S. The molecule has 3 rings (SSSR count). The van der Waals surface area contributed by atoms with Crippen molar-refractivity contribution in [3.63, 3.8) is 0 Å². The van der Waals surface area contributed by atoms with Gasteiger partial charge in [0.15, 0.2) is 0 Å². The SMILES string of the molecule is C\C=C(F)/C1=C\C(=C\CC)Nc2cc(CCS)cc(n2)NCCCCCc2cc(F)ccc21. The molecule has 2 heterocycles. The molecule has 1 aliphatic heterocycles. The molecule has 6 heteroatoms. The molecule has 1 aromatic heterocycles. The van der Waals surface area contributed by atoms with E-state index in [0.29, 0.717) is 17.8 Å². The minimum atomic E-state index is -0.338. The van der Waals surface area contributed by atoms with Crippen LogP contribution < -0.4 is 10.6 Å². The molecule has 0 fully saturated rings. The minimum Gasteiger partial charge on any atom is -0.370 e. The third kappa shape index (κ3) is 7.19. The van der Waals surface area contributed by atoms with Gasteiger partial charge in [0.25, 0.3) is 0 Å². The second-order valence-corrected chi connectivity index (χ2v) is 8.59. The number of nitrogens with zero attached hydrogens (tertiary/aromatic N) is 1. The Balaban J connectivity index is 2.13. The van der Waals surface area contributed by atoms with Gasteiger partial charge in [-0.15, -0.1) is 0 Å². The molecule has 0 unspecified atom stereocenters. The lowest BCUT2D eigenvalue weighted by atomic mass is 9.93. The first-order chi connectivity index (χ1) is 16.0. The van der Waals surface area contributed by atoms with Gasteiger partial charge in [-0.25, -0.2) is 13.8 Å². The van der Waals surface area contributed by atoms with E-state index in [1.165, 1.54) is 18.2 Å². The first-order valence-corrected chi connectivity index (χ1v) is 12.3. The van der Waals surface area contributed by atoms with E-state index >= 15 is 4.39 Å². The van der Waals surface area contributed by atoms with Crippen LogP contribution in [0, 0.1) is 5.82 Å². The zero-order valence-corrected chi connectivity index (χ0v) is 20.3. The van der Waals surface area contributed by atoms with Gasteiger partial charge >= 0.3 is 0 Å². The Kier molecular flexibility index (Phi) is 9.55. The minimum absolute atomic E-state index is 0.298. The molecule has 0 saturated heterocycles. The zero-order chi connectivity index (χ0) is 23.6. The molecule has 2 N–H and O–H groups in total. The monoisotopic (exact) mass is 469 g/mol. The number of aromatic nitrogens is 1. The predicted octanol–water partition coefficient (Wildman–Crippen LogP) is 7.49. The number of benzene rings is 1. The van der Waals surface area contributed by atoms with Crippen LogP contribution >= 0.6 is 12.6 Å². The second-order valence-electron chi connectivity index (χ2n) is 8.15. The van der Waals surface area contributed by atoms with Crippen LogP contribution in [-0.2, 0) is 12.8 Å². The molecule has 1 aliphatic rings. The van der Waals surface area contributed by atoms with E-state index in [1.807, 2.05) is 19.1 Å². The standard InChI is InChI=1S/C27H33F2N3S/c1-3-8-22-18-24(25(29)4-2)23-11-10-21(28)17-20(23)9-6-5-7-13-30-26-15-19(12-14-33)16-27(31-22)32-26/h4,8,10-11,15-18,33H,3,5-7,9,12-14H2,1-2H3,(H2,30,31,32)/b22-8-,24-18-,25-4+. The summed E-state index contributed by atoms with van der Waals surface area (Å²) in [5, 5.41) is 6.80. The van der Waals surface area contributed by atoms with E-state index in [1.54, 1.807) is 19.1 Å². The lowest BCUT2D eigenvalue weighted by Gasteiger charge is -2.15. The van der Waals surface area contributed by atoms with Crippen molar-refractivity contribution in [3.05, 3.63) is 82.6 Å². The van der Waals surface area contributed by atoms with Crippen molar-refractivity contribution in [1.82, 2.24) is 4.98 Å². The van der Waals surface area contributed by atoms with Crippen LogP contribution in [0.25, 0.3) is 5.57 Å². The zero-order valence-electron chi connectivity index (χ0n) is 19.4. The maximum Gasteiger partial charge on any atom is 0.133 e. The van der Waals surface area contributed by atoms with Crippen molar-refractivity contribution >= 4 is 29.8 Å². The summed E-state index contributed by atoms with van der Waals surface area (Å²) < 4.78 is 29.2. The highest BCUT2D eigenvalue weighted by atomic mass is 32.1. The van der Waals surface area contributed by atoms with Gasteiger partial charge in [0.1, 0.15) is 23.3 Å². The number of anilines is 2. The summed E-state index contributed by atoms with van der Waals surface area (Å²) in [6.45, 7) is 4.51. The van der Waals surface area contributed by atoms with Gasteiger partial charge in [-0.2, -0.15) is 12.6 Å². The van der Waals surface area contributed by atoms with E-state index < -0.39 is 0 Å². The Bertz CT molecular complexity index is 1040. The van der Waals surface area contributed by atoms with Gasteiger partial charge in [0.2, 0.25) is 0 Å². The van der Waals surface area contributed by atoms with Gasteiger partial charge in [-0.1, -0.05) is 31.6 Å². The number of halogens is 2. The second kappa shape index (κ2) is 12.6. The fraction of sp³-hybridized carbons (Fsp3) is 0.370. The van der Waals surface area contributed by atoms with Gasteiger partial charge in [-0.3, -0.25) is 0 Å². The maximum atomic E-state index is 15.1. The first-order valence-electron chi connectivity index (χ1n) is 11.7. The normalized spacial score (nSPS) is 18.3. The fourth-order valence-corrected chi connectivity index (χ4v) is 4.24. The van der Waals surface area contributed by atoms with Crippen LogP contribution in [0.4, 0.5) is 20.4 Å². The number of rotatable bonds is 4. The highest BCUT2D eigenvalue weighted by molar-refractivity contribution is 7.80. The number of hydrogen-bond acceptors (Lipinski definition) is 4. The summed E-state index contributed by atoms with van der Waals surface area (Å²) in [5.41, 5.74) is 3.87. The Morgan fingerprint density at radius 3 is 2.73 bits per heavy atom. The number of fused-ring (bicyclic) bond motifs is 3. The van der Waals surface area contributed by atoms with Crippen LogP contribution in [0.5, 0.6) is 0 Å². The summed E-state index contributed by atoms with van der Waals surface area (Å²) in [4.78, 5) is 4.73. The molecule has 0 saturated carbocycles. The van der Waals surface area contributed by atoms with E-state index in [0.717, 1.165) is 72.6 Å². The molecule has 1 aromatic carbocycles. The lowest BCUT2D eigenvalue weighted by Crippen LogP contribution is -2.07. The molecule has 2 bridgehead atoms. The molecule has 176 valence electrons. The van der Waals surface area contributed by atoms with E-state index in [9.17, 15) is 4.39 Å². The molecule has 0 radical (unpaired) electrons. The molecule has 33 heavy (non-hydrogen) atoms. The van der Waals surface area contributed by atoms with Crippen LogP contribution in [0.1, 0.15) is 56.2 Å². The van der Waals surface area contributed by atoms with Crippen molar-refractivity contribution in [3.8, 4) is 0 Å². The molecule has 0 spiro atoms. The number of aryl methyl sites for hydroxylation is 2. The molecular weight excluding hydrogens is 436 g/mol. The number of nitrogens with one attached hydrogen (secondary N) is 2. The molecule has 0 amide bonds. The Morgan fingerprint density at radius 1 is 1.15 bits per heavy atom. The number of thiol groups is 1. The summed E-state index contributed by atoms with van der Waals surface area (Å²) >= 11 is 4.38. The van der Waals surface area contributed by atoms with Crippen LogP contribution in [-0.4, -0.2) is 17.3 Å². The first kappa shape index (κ1) is 25.0. The summed E-state index contributed by atoms with van der Waals surface area (Å²) in [7, 11) is 0. The van der Waals surface area contributed by atoms with Crippen LogP contribution in [0.3, 0.4) is 0 Å². The Hall–Kier alpha value is -2.60. The van der Waals surface area contributed by atoms with E-state index in [-0.39, 0.29) is 11.6 Å². The van der Waals surface area contributed by atoms with Crippen molar-refractivity contribution in [1.29, 1.82) is 0 Å². The van der Waals surface area contributed by atoms with Gasteiger partial charge in [0, 0.05) is 17.8 Å². The van der Waals surface area contributed by atoms with Crippen LogP contribution in [0.2, 0.25) is 0 Å². The van der Waals surface area contributed by atoms with Crippen molar-refractivity contribution in [2.45, 2.75) is 52.4 Å². The predicted molar refractivity (Wildman–Crippen MR) is 139 cm³/mol. The van der Waals surface area contributed by atoms with E-state index in [2.05, 4.69) is 29.3 Å². The van der Waals surface area contributed by atoms with Crippen LogP contribution in [0.15, 0.2) is 60.1 Å². The Labute approximate surface area is 201 Å². The average Bonchev–Trinajstić information content (AvgIpc) is 2.79. The molecule has 0 aliphatic carbocycles. The largest absolute Gasteiger partial charge is 0.370 e. The summed E-state index contributed by atoms with van der Waals surface area (Å²) in [5.74, 6) is 1.62. The quantitative estimate of drug-likeness (QED) is 0.406. The van der Waals surface area contributed by atoms with Gasteiger partial charge < -0.3 is 10.6 Å². The molecule has 0 atom stereocenters. The topological polar surface area (TPSA) is 37.0 Å². The van der Waals surface area contributed by atoms with Gasteiger partial charge in [-0.05, 0) is 91.8 Å². The molecule has 2 aromatic rings. The third-order valence-corrected chi connectivity index (χ3v) is 5.80.